The molecule has 130 valence electrons. The van der Waals surface area contributed by atoms with E-state index in [9.17, 15) is 0 Å². The molecule has 1 aromatic carbocycles. The zero-order chi connectivity index (χ0) is 17.1. The summed E-state index contributed by atoms with van der Waals surface area (Å²) in [5, 5.41) is 8.67. The summed E-state index contributed by atoms with van der Waals surface area (Å²) in [6, 6.07) is 8.54. The van der Waals surface area contributed by atoms with E-state index in [1.165, 1.54) is 31.2 Å². The molecule has 1 aliphatic heterocycles. The van der Waals surface area contributed by atoms with Crippen LogP contribution in [0.15, 0.2) is 30.5 Å². The Morgan fingerprint density at radius 3 is 2.76 bits per heavy atom. The van der Waals surface area contributed by atoms with Crippen molar-refractivity contribution in [3.05, 3.63) is 47.3 Å². The second-order valence-electron chi connectivity index (χ2n) is 7.24. The van der Waals surface area contributed by atoms with Crippen molar-refractivity contribution < 1.29 is 4.74 Å². The van der Waals surface area contributed by atoms with Crippen LogP contribution in [0.5, 0.6) is 0 Å². The summed E-state index contributed by atoms with van der Waals surface area (Å²) in [5.41, 5.74) is 3.35. The third-order valence-electron chi connectivity index (χ3n) is 5.07. The minimum absolute atomic E-state index is 0.228. The van der Waals surface area contributed by atoms with Crippen molar-refractivity contribution >= 4 is 0 Å². The van der Waals surface area contributed by atoms with Crippen molar-refractivity contribution in [2.24, 2.45) is 5.92 Å². The molecule has 0 amide bonds. The summed E-state index contributed by atoms with van der Waals surface area (Å²) in [4.78, 5) is 0. The van der Waals surface area contributed by atoms with Gasteiger partial charge in [-0.3, -0.25) is 0 Å². The molecule has 2 fully saturated rings. The van der Waals surface area contributed by atoms with Crippen LogP contribution in [0.3, 0.4) is 0 Å². The first-order chi connectivity index (χ1) is 12.3. The largest absolute Gasteiger partial charge is 0.376 e. The molecule has 4 rings (SSSR count). The van der Waals surface area contributed by atoms with E-state index in [0.717, 1.165) is 30.8 Å². The van der Waals surface area contributed by atoms with Crippen LogP contribution >= 0.6 is 0 Å². The van der Waals surface area contributed by atoms with Gasteiger partial charge in [0.15, 0.2) is 0 Å². The van der Waals surface area contributed by atoms with Gasteiger partial charge < -0.3 is 4.74 Å². The molecule has 1 aliphatic carbocycles. The SMILES string of the molecule is CC(c1ccc(C#CC2CC2)cc1)c1cn(CC2CCCCO2)nn1. The average molecular weight is 335 g/mol. The van der Waals surface area contributed by atoms with E-state index in [4.69, 9.17) is 4.74 Å². The van der Waals surface area contributed by atoms with Gasteiger partial charge in [-0.1, -0.05) is 36.1 Å². The van der Waals surface area contributed by atoms with Gasteiger partial charge in [-0.15, -0.1) is 5.10 Å². The van der Waals surface area contributed by atoms with Crippen LogP contribution in [0.4, 0.5) is 0 Å². The molecular weight excluding hydrogens is 310 g/mol. The number of aromatic nitrogens is 3. The van der Waals surface area contributed by atoms with Gasteiger partial charge >= 0.3 is 0 Å². The van der Waals surface area contributed by atoms with Gasteiger partial charge in [0.2, 0.25) is 0 Å². The van der Waals surface area contributed by atoms with E-state index in [2.05, 4.69) is 59.5 Å². The van der Waals surface area contributed by atoms with Crippen LogP contribution in [-0.4, -0.2) is 27.7 Å². The zero-order valence-corrected chi connectivity index (χ0v) is 14.8. The quantitative estimate of drug-likeness (QED) is 0.799. The minimum atomic E-state index is 0.228. The van der Waals surface area contributed by atoms with Gasteiger partial charge in [0, 0.05) is 30.2 Å². The average Bonchev–Trinajstić information content (AvgIpc) is 3.38. The van der Waals surface area contributed by atoms with Crippen LogP contribution in [0.25, 0.3) is 0 Å². The van der Waals surface area contributed by atoms with Gasteiger partial charge in [-0.25, -0.2) is 4.68 Å². The summed E-state index contributed by atoms with van der Waals surface area (Å²) < 4.78 is 7.72. The highest BCUT2D eigenvalue weighted by Crippen LogP contribution is 2.28. The maximum atomic E-state index is 5.79. The molecule has 1 saturated carbocycles. The Morgan fingerprint density at radius 2 is 2.04 bits per heavy atom. The normalized spacial score (nSPS) is 21.4. The third kappa shape index (κ3) is 4.29. The smallest absolute Gasteiger partial charge is 0.0898 e. The highest BCUT2D eigenvalue weighted by molar-refractivity contribution is 5.39. The summed E-state index contributed by atoms with van der Waals surface area (Å²) in [6.07, 6.45) is 8.42. The predicted octanol–water partition coefficient (Wildman–Crippen LogP) is 3.76. The first kappa shape index (κ1) is 16.4. The van der Waals surface area contributed by atoms with E-state index in [0.29, 0.717) is 5.92 Å². The van der Waals surface area contributed by atoms with E-state index in [1.54, 1.807) is 0 Å². The lowest BCUT2D eigenvalue weighted by atomic mass is 9.97. The lowest BCUT2D eigenvalue weighted by molar-refractivity contribution is 0.00369. The van der Waals surface area contributed by atoms with Crippen molar-refractivity contribution in [2.45, 2.75) is 57.6 Å². The predicted molar refractivity (Wildman–Crippen MR) is 97.2 cm³/mol. The van der Waals surface area contributed by atoms with Gasteiger partial charge in [0.25, 0.3) is 0 Å². The molecular formula is C21H25N3O. The number of ether oxygens (including phenoxy) is 1. The number of benzene rings is 1. The van der Waals surface area contributed by atoms with Gasteiger partial charge in [0.05, 0.1) is 18.3 Å². The molecule has 2 heterocycles. The number of rotatable bonds is 4. The highest BCUT2D eigenvalue weighted by atomic mass is 16.5. The summed E-state index contributed by atoms with van der Waals surface area (Å²) in [6.45, 7) is 3.85. The fourth-order valence-electron chi connectivity index (χ4n) is 3.20. The van der Waals surface area contributed by atoms with Crippen molar-refractivity contribution in [1.29, 1.82) is 0 Å². The maximum absolute atomic E-state index is 5.79. The lowest BCUT2D eigenvalue weighted by Crippen LogP contribution is -2.24. The fourth-order valence-corrected chi connectivity index (χ4v) is 3.20. The molecule has 1 aromatic heterocycles. The molecule has 2 aromatic rings. The second-order valence-corrected chi connectivity index (χ2v) is 7.24. The van der Waals surface area contributed by atoms with Crippen molar-refractivity contribution in [3.63, 3.8) is 0 Å². The van der Waals surface area contributed by atoms with Crippen molar-refractivity contribution in [3.8, 4) is 11.8 Å². The van der Waals surface area contributed by atoms with Crippen LogP contribution in [0.1, 0.15) is 61.8 Å². The summed E-state index contributed by atoms with van der Waals surface area (Å²) in [5.74, 6) is 7.44. The first-order valence-electron chi connectivity index (χ1n) is 9.41. The fraction of sp³-hybridized carbons (Fsp3) is 0.524. The molecule has 0 N–H and O–H groups in total. The lowest BCUT2D eigenvalue weighted by Gasteiger charge is -2.21. The Labute approximate surface area is 149 Å². The van der Waals surface area contributed by atoms with Gasteiger partial charge in [-0.05, 0) is 49.8 Å². The molecule has 0 spiro atoms. The molecule has 4 nitrogen and oxygen atoms in total. The molecule has 0 radical (unpaired) electrons. The minimum Gasteiger partial charge on any atom is -0.376 e. The summed E-state index contributed by atoms with van der Waals surface area (Å²) in [7, 11) is 0. The number of nitrogens with zero attached hydrogens (tertiary/aromatic N) is 3. The summed E-state index contributed by atoms with van der Waals surface area (Å²) >= 11 is 0. The van der Waals surface area contributed by atoms with Crippen LogP contribution in [0, 0.1) is 17.8 Å². The Kier molecular flexibility index (Phi) is 4.85. The van der Waals surface area contributed by atoms with Gasteiger partial charge in [-0.2, -0.15) is 0 Å². The molecule has 1 saturated heterocycles. The van der Waals surface area contributed by atoms with Crippen LogP contribution in [0.2, 0.25) is 0 Å². The molecule has 2 unspecified atom stereocenters. The van der Waals surface area contributed by atoms with Crippen molar-refractivity contribution in [2.75, 3.05) is 6.61 Å². The standard InChI is InChI=1S/C21H25N3O/c1-16(19-11-9-18(10-12-19)8-7-17-5-6-17)21-15-24(23-22-21)14-20-4-2-3-13-25-20/h9-12,15-17,20H,2-6,13-14H2,1H3. The first-order valence-corrected chi connectivity index (χ1v) is 9.41. The number of hydrogen-bond donors (Lipinski definition) is 0. The Hall–Kier alpha value is -2.12. The molecule has 2 atom stereocenters. The second kappa shape index (κ2) is 7.41. The van der Waals surface area contributed by atoms with E-state index in [-0.39, 0.29) is 12.0 Å². The third-order valence-corrected chi connectivity index (χ3v) is 5.07. The Balaban J connectivity index is 1.40. The Bertz CT molecular complexity index is 758. The van der Waals surface area contributed by atoms with Crippen LogP contribution in [-0.2, 0) is 11.3 Å². The van der Waals surface area contributed by atoms with E-state index in [1.807, 2.05) is 4.68 Å². The molecule has 25 heavy (non-hydrogen) atoms. The van der Waals surface area contributed by atoms with E-state index >= 15 is 0 Å². The van der Waals surface area contributed by atoms with E-state index < -0.39 is 0 Å². The Morgan fingerprint density at radius 1 is 1.20 bits per heavy atom. The molecule has 2 aliphatic rings. The molecule has 0 bridgehead atoms. The maximum Gasteiger partial charge on any atom is 0.0898 e. The molecule has 4 heteroatoms. The van der Waals surface area contributed by atoms with Crippen LogP contribution < -0.4 is 0 Å². The van der Waals surface area contributed by atoms with Crippen molar-refractivity contribution in [1.82, 2.24) is 15.0 Å². The highest BCUT2D eigenvalue weighted by Gasteiger charge is 2.18. The monoisotopic (exact) mass is 335 g/mol. The zero-order valence-electron chi connectivity index (χ0n) is 14.8. The van der Waals surface area contributed by atoms with Gasteiger partial charge in [0.1, 0.15) is 0 Å². The number of hydrogen-bond acceptors (Lipinski definition) is 3. The topological polar surface area (TPSA) is 39.9 Å².